The molecule has 28 heavy (non-hydrogen) atoms. The van der Waals surface area contributed by atoms with Gasteiger partial charge in [-0.15, -0.1) is 0 Å². The first-order valence-electron chi connectivity index (χ1n) is 9.65. The number of hydrogen-bond acceptors (Lipinski definition) is 5. The normalized spacial score (nSPS) is 16.1. The van der Waals surface area contributed by atoms with Crippen LogP contribution in [0.4, 0.5) is 0 Å². The largest absolute Gasteiger partial charge is 0.353 e. The van der Waals surface area contributed by atoms with E-state index in [1.165, 1.54) is 4.68 Å². The molecule has 8 heteroatoms. The van der Waals surface area contributed by atoms with Crippen molar-refractivity contribution in [2.24, 2.45) is 7.05 Å². The van der Waals surface area contributed by atoms with Crippen LogP contribution in [-0.4, -0.2) is 76.4 Å². The Hall–Kier alpha value is -2.71. The van der Waals surface area contributed by atoms with Gasteiger partial charge in [-0.05, 0) is 13.1 Å². The molecule has 1 aromatic carbocycles. The molecule has 1 N–H and O–H groups in total. The van der Waals surface area contributed by atoms with Gasteiger partial charge in [-0.2, -0.15) is 5.10 Å². The van der Waals surface area contributed by atoms with Crippen LogP contribution in [0.5, 0.6) is 0 Å². The van der Waals surface area contributed by atoms with Crippen molar-refractivity contribution < 1.29 is 4.79 Å². The van der Waals surface area contributed by atoms with Crippen LogP contribution in [0.2, 0.25) is 0 Å². The lowest BCUT2D eigenvalue weighted by Gasteiger charge is -2.32. The van der Waals surface area contributed by atoms with Crippen molar-refractivity contribution >= 4 is 27.7 Å². The number of fused-ring (bicyclic) bond motifs is 3. The van der Waals surface area contributed by atoms with Crippen LogP contribution in [0, 0.1) is 0 Å². The third-order valence-electron chi connectivity index (χ3n) is 5.51. The summed E-state index contributed by atoms with van der Waals surface area (Å²) in [7, 11) is 3.75. The van der Waals surface area contributed by atoms with Crippen molar-refractivity contribution in [2.75, 3.05) is 46.3 Å². The van der Waals surface area contributed by atoms with Crippen molar-refractivity contribution in [3.8, 4) is 0 Å². The molecule has 0 bridgehead atoms. The number of amides is 1. The predicted molar refractivity (Wildman–Crippen MR) is 109 cm³/mol. The minimum atomic E-state index is -0.195. The van der Waals surface area contributed by atoms with Crippen molar-refractivity contribution in [1.29, 1.82) is 0 Å². The zero-order chi connectivity index (χ0) is 19.7. The number of para-hydroxylation sites is 1. The molecule has 1 saturated heterocycles. The van der Waals surface area contributed by atoms with E-state index >= 15 is 0 Å². The first kappa shape index (κ1) is 18.6. The summed E-state index contributed by atoms with van der Waals surface area (Å²) >= 11 is 0. The molecule has 3 heterocycles. The van der Waals surface area contributed by atoms with E-state index in [1.807, 2.05) is 24.3 Å². The molecular formula is C20H26N6O2. The van der Waals surface area contributed by atoms with E-state index in [0.717, 1.165) is 49.0 Å². The Morgan fingerprint density at radius 2 is 1.86 bits per heavy atom. The summed E-state index contributed by atoms with van der Waals surface area (Å²) in [5.41, 5.74) is 1.20. The number of aryl methyl sites for hydroxylation is 1. The minimum Gasteiger partial charge on any atom is -0.353 e. The molecule has 1 aliphatic heterocycles. The predicted octanol–water partition coefficient (Wildman–Crippen LogP) is 0.252. The molecule has 148 valence electrons. The lowest BCUT2D eigenvalue weighted by atomic mass is 10.2. The number of rotatable bonds is 5. The van der Waals surface area contributed by atoms with E-state index in [4.69, 9.17) is 0 Å². The van der Waals surface area contributed by atoms with Crippen molar-refractivity contribution in [2.45, 2.75) is 6.54 Å². The van der Waals surface area contributed by atoms with E-state index < -0.39 is 0 Å². The molecular weight excluding hydrogens is 356 g/mol. The number of piperazine rings is 1. The molecule has 8 nitrogen and oxygen atoms in total. The molecule has 0 atom stereocenters. The molecule has 4 rings (SSSR count). The van der Waals surface area contributed by atoms with Gasteiger partial charge in [-0.1, -0.05) is 18.2 Å². The first-order chi connectivity index (χ1) is 13.5. The SMILES string of the molecule is CN1CCN(CCNC(=O)Cn2c3ccccc3c3cnn(C)c(=O)c32)CC1. The van der Waals surface area contributed by atoms with Crippen LogP contribution in [0.3, 0.4) is 0 Å². The molecule has 0 saturated carbocycles. The van der Waals surface area contributed by atoms with E-state index in [1.54, 1.807) is 17.8 Å². The summed E-state index contributed by atoms with van der Waals surface area (Å²) in [5, 5.41) is 8.86. The standard InChI is InChI=1S/C20H26N6O2/c1-23-9-11-25(12-10-23)8-7-21-18(27)14-26-17-6-4-3-5-15(17)16-13-22-24(2)20(28)19(16)26/h3-6,13H,7-12,14H2,1-2H3,(H,21,27). The summed E-state index contributed by atoms with van der Waals surface area (Å²) < 4.78 is 3.11. The van der Waals surface area contributed by atoms with Gasteiger partial charge in [-0.25, -0.2) is 4.68 Å². The molecule has 0 unspecified atom stereocenters. The Labute approximate surface area is 163 Å². The van der Waals surface area contributed by atoms with Gasteiger partial charge in [0.05, 0.1) is 6.20 Å². The molecule has 0 aliphatic carbocycles. The smallest absolute Gasteiger partial charge is 0.291 e. The fourth-order valence-electron chi connectivity index (χ4n) is 3.83. The average Bonchev–Trinajstić information content (AvgIpc) is 3.01. The Balaban J connectivity index is 1.51. The highest BCUT2D eigenvalue weighted by atomic mass is 16.2. The number of hydrogen-bond donors (Lipinski definition) is 1. The maximum Gasteiger partial charge on any atom is 0.291 e. The Bertz CT molecular complexity index is 1060. The lowest BCUT2D eigenvalue weighted by molar-refractivity contribution is -0.121. The summed E-state index contributed by atoms with van der Waals surface area (Å²) in [6.07, 6.45) is 1.70. The van der Waals surface area contributed by atoms with Gasteiger partial charge in [0, 0.05) is 62.6 Å². The molecule has 3 aromatic rings. The zero-order valence-corrected chi connectivity index (χ0v) is 16.4. The summed E-state index contributed by atoms with van der Waals surface area (Å²) in [5.74, 6) is -0.0874. The van der Waals surface area contributed by atoms with E-state index in [2.05, 4.69) is 27.3 Å². The highest BCUT2D eigenvalue weighted by molar-refractivity contribution is 6.07. The number of aromatic nitrogens is 3. The highest BCUT2D eigenvalue weighted by Gasteiger charge is 2.17. The monoisotopic (exact) mass is 382 g/mol. The van der Waals surface area contributed by atoms with Crippen molar-refractivity contribution in [3.05, 3.63) is 40.8 Å². The van der Waals surface area contributed by atoms with Crippen LogP contribution in [-0.2, 0) is 18.4 Å². The van der Waals surface area contributed by atoms with E-state index in [9.17, 15) is 9.59 Å². The van der Waals surface area contributed by atoms with Gasteiger partial charge in [0.1, 0.15) is 12.1 Å². The number of carbonyl (C=O) groups excluding carboxylic acids is 1. The Kier molecular flexibility index (Phi) is 5.15. The van der Waals surface area contributed by atoms with Crippen LogP contribution < -0.4 is 10.9 Å². The van der Waals surface area contributed by atoms with Gasteiger partial charge in [0.25, 0.3) is 5.56 Å². The molecule has 1 amide bonds. The van der Waals surface area contributed by atoms with E-state index in [-0.39, 0.29) is 18.0 Å². The van der Waals surface area contributed by atoms with Crippen molar-refractivity contribution in [1.82, 2.24) is 29.5 Å². The maximum absolute atomic E-state index is 12.7. The second-order valence-electron chi connectivity index (χ2n) is 7.43. The molecule has 0 radical (unpaired) electrons. The second-order valence-corrected chi connectivity index (χ2v) is 7.43. The topological polar surface area (TPSA) is 75.4 Å². The number of likely N-dealkylation sites (N-methyl/N-ethyl adjacent to an activating group) is 1. The maximum atomic E-state index is 12.7. The summed E-state index contributed by atoms with van der Waals surface area (Å²) in [4.78, 5) is 30.0. The molecule has 2 aromatic heterocycles. The number of benzene rings is 1. The fourth-order valence-corrected chi connectivity index (χ4v) is 3.83. The molecule has 0 spiro atoms. The van der Waals surface area contributed by atoms with Gasteiger partial charge < -0.3 is 14.8 Å². The number of nitrogens with one attached hydrogen (secondary N) is 1. The number of carbonyl (C=O) groups is 1. The van der Waals surface area contributed by atoms with Gasteiger partial charge >= 0.3 is 0 Å². The zero-order valence-electron chi connectivity index (χ0n) is 16.4. The quantitative estimate of drug-likeness (QED) is 0.685. The van der Waals surface area contributed by atoms with Gasteiger partial charge in [0.15, 0.2) is 0 Å². The van der Waals surface area contributed by atoms with Crippen LogP contribution in [0.15, 0.2) is 35.3 Å². The third kappa shape index (κ3) is 3.53. The lowest BCUT2D eigenvalue weighted by Crippen LogP contribution is -2.47. The van der Waals surface area contributed by atoms with Gasteiger partial charge in [-0.3, -0.25) is 14.5 Å². The van der Waals surface area contributed by atoms with Gasteiger partial charge in [0.2, 0.25) is 5.91 Å². The minimum absolute atomic E-state index is 0.0874. The van der Waals surface area contributed by atoms with Crippen LogP contribution in [0.1, 0.15) is 0 Å². The Morgan fingerprint density at radius 3 is 2.64 bits per heavy atom. The summed E-state index contributed by atoms with van der Waals surface area (Å²) in [6, 6.07) is 7.74. The third-order valence-corrected chi connectivity index (χ3v) is 5.51. The van der Waals surface area contributed by atoms with Crippen molar-refractivity contribution in [3.63, 3.8) is 0 Å². The van der Waals surface area contributed by atoms with E-state index in [0.29, 0.717) is 12.1 Å². The highest BCUT2D eigenvalue weighted by Crippen LogP contribution is 2.25. The number of nitrogens with zero attached hydrogens (tertiary/aromatic N) is 5. The first-order valence-corrected chi connectivity index (χ1v) is 9.65. The van der Waals surface area contributed by atoms with Crippen LogP contribution >= 0.6 is 0 Å². The molecule has 1 fully saturated rings. The average molecular weight is 382 g/mol. The summed E-state index contributed by atoms with van der Waals surface area (Å²) in [6.45, 7) is 5.76. The second kappa shape index (κ2) is 7.73. The Morgan fingerprint density at radius 1 is 1.11 bits per heavy atom. The van der Waals surface area contributed by atoms with Crippen LogP contribution in [0.25, 0.3) is 21.8 Å². The fraction of sp³-hybridized carbons (Fsp3) is 0.450. The molecule has 1 aliphatic rings.